The van der Waals surface area contributed by atoms with Gasteiger partial charge in [0, 0.05) is 73.4 Å². The maximum Gasteiger partial charge on any atom is 0.417 e. The molecule has 0 radical (unpaired) electrons. The molecule has 1 saturated carbocycles. The van der Waals surface area contributed by atoms with Crippen molar-refractivity contribution in [1.29, 1.82) is 0 Å². The minimum absolute atomic E-state index is 0.0344. The molecule has 1 aliphatic carbocycles. The van der Waals surface area contributed by atoms with E-state index in [4.69, 9.17) is 4.74 Å². The summed E-state index contributed by atoms with van der Waals surface area (Å²) in [6, 6.07) is 3.44. The van der Waals surface area contributed by atoms with Crippen LogP contribution in [0.25, 0.3) is 11.1 Å². The summed E-state index contributed by atoms with van der Waals surface area (Å²) in [5, 5.41) is 2.59. The first-order valence-electron chi connectivity index (χ1n) is 14.5. The quantitative estimate of drug-likeness (QED) is 0.385. The summed E-state index contributed by atoms with van der Waals surface area (Å²) in [5.41, 5.74) is -2.14. The summed E-state index contributed by atoms with van der Waals surface area (Å²) in [6.07, 6.45) is 0.619. The lowest BCUT2D eigenvalue weighted by Gasteiger charge is -2.26. The van der Waals surface area contributed by atoms with Gasteiger partial charge in [0.2, 0.25) is 11.5 Å². The molecule has 1 amide bonds. The minimum atomic E-state index is -4.94. The van der Waals surface area contributed by atoms with Gasteiger partial charge in [0.05, 0.1) is 35.7 Å². The third-order valence-corrected chi connectivity index (χ3v) is 8.95. The molecule has 2 aliphatic heterocycles. The van der Waals surface area contributed by atoms with E-state index in [-0.39, 0.29) is 16.7 Å². The maximum atomic E-state index is 15.8. The molecular formula is C30H33F4N7O3. The maximum absolute atomic E-state index is 15.8. The van der Waals surface area contributed by atoms with E-state index in [0.29, 0.717) is 68.7 Å². The number of benzene rings is 1. The van der Waals surface area contributed by atoms with E-state index in [9.17, 15) is 22.8 Å². The van der Waals surface area contributed by atoms with Crippen LogP contribution >= 0.6 is 0 Å². The van der Waals surface area contributed by atoms with Gasteiger partial charge in [-0.2, -0.15) is 13.2 Å². The standard InChI is InChI=1S/C30H33F4N7O3/c1-3-39(2)25-13-29(25)4-5-41(17-29)24-12-22(31)19(18-14-36-28(37-15-18)40-6-8-44-9-7-40)10-23(24)38-27(43)20-16-35-26(42)11-21(20)30(32,33)34/h10-12,14-16,25H,3-9,13,17H2,1-2H3,(H,35,42)(H,38,43)/t25?,29-/m0/s1. The number of aromatic nitrogens is 3. The highest BCUT2D eigenvalue weighted by Gasteiger charge is 2.59. The van der Waals surface area contributed by atoms with Crippen LogP contribution in [-0.4, -0.2) is 84.8 Å². The molecule has 2 N–H and O–H groups in total. The van der Waals surface area contributed by atoms with Crippen molar-refractivity contribution >= 4 is 23.2 Å². The fourth-order valence-corrected chi connectivity index (χ4v) is 6.33. The molecule has 2 aromatic heterocycles. The topological polar surface area (TPSA) is 107 Å². The summed E-state index contributed by atoms with van der Waals surface area (Å²) in [4.78, 5) is 42.2. The van der Waals surface area contributed by atoms with Gasteiger partial charge in [-0.25, -0.2) is 14.4 Å². The predicted molar refractivity (Wildman–Crippen MR) is 156 cm³/mol. The number of pyridine rings is 1. The molecule has 234 valence electrons. The van der Waals surface area contributed by atoms with Crippen LogP contribution in [-0.2, 0) is 10.9 Å². The van der Waals surface area contributed by atoms with E-state index < -0.39 is 34.6 Å². The first-order chi connectivity index (χ1) is 21.0. The van der Waals surface area contributed by atoms with E-state index in [1.807, 2.05) is 9.80 Å². The van der Waals surface area contributed by atoms with Crippen LogP contribution in [0, 0.1) is 11.2 Å². The smallest absolute Gasteiger partial charge is 0.378 e. The fraction of sp³-hybridized carbons (Fsp3) is 0.467. The SMILES string of the molecule is CCN(C)C1C[C@]12CCN(c1cc(F)c(-c3cnc(N4CCOCC4)nc3)cc1NC(=O)c1c[nH]c(=O)cc1C(F)(F)F)C2. The van der Waals surface area contributed by atoms with E-state index in [0.717, 1.165) is 25.6 Å². The Balaban J connectivity index is 1.35. The van der Waals surface area contributed by atoms with Crippen LogP contribution in [0.2, 0.25) is 0 Å². The second kappa shape index (κ2) is 11.5. The molecule has 10 nitrogen and oxygen atoms in total. The molecular weight excluding hydrogens is 582 g/mol. The van der Waals surface area contributed by atoms with Crippen molar-refractivity contribution in [2.75, 3.05) is 68.1 Å². The van der Waals surface area contributed by atoms with Gasteiger partial charge in [-0.15, -0.1) is 0 Å². The van der Waals surface area contributed by atoms with Gasteiger partial charge < -0.3 is 29.7 Å². The van der Waals surface area contributed by atoms with Gasteiger partial charge in [0.25, 0.3) is 5.91 Å². The van der Waals surface area contributed by atoms with Crippen LogP contribution in [0.1, 0.15) is 35.7 Å². The summed E-state index contributed by atoms with van der Waals surface area (Å²) in [7, 11) is 2.07. The van der Waals surface area contributed by atoms with Crippen LogP contribution in [0.4, 0.5) is 34.9 Å². The molecule has 1 unspecified atom stereocenters. The van der Waals surface area contributed by atoms with Crippen molar-refractivity contribution in [3.63, 3.8) is 0 Å². The number of anilines is 3. The Bertz CT molecular complexity index is 1610. The van der Waals surface area contributed by atoms with E-state index in [2.05, 4.69) is 39.1 Å². The van der Waals surface area contributed by atoms with Crippen LogP contribution in [0.3, 0.4) is 0 Å². The molecule has 1 spiro atoms. The first-order valence-corrected chi connectivity index (χ1v) is 14.5. The second-order valence-corrected chi connectivity index (χ2v) is 11.6. The average Bonchev–Trinajstić information content (AvgIpc) is 3.56. The second-order valence-electron chi connectivity index (χ2n) is 11.6. The van der Waals surface area contributed by atoms with Gasteiger partial charge in [-0.05, 0) is 38.6 Å². The van der Waals surface area contributed by atoms with Crippen LogP contribution in [0.15, 0.2) is 41.6 Å². The summed E-state index contributed by atoms with van der Waals surface area (Å²) < 4.78 is 62.5. The normalized spacial score (nSPS) is 21.8. The Hall–Kier alpha value is -4.04. The fourth-order valence-electron chi connectivity index (χ4n) is 6.33. The van der Waals surface area contributed by atoms with Crippen molar-refractivity contribution in [3.8, 4) is 11.1 Å². The summed E-state index contributed by atoms with van der Waals surface area (Å²) in [6.45, 7) is 6.53. The van der Waals surface area contributed by atoms with E-state index in [1.54, 1.807) is 0 Å². The Morgan fingerprint density at radius 2 is 1.89 bits per heavy atom. The lowest BCUT2D eigenvalue weighted by Crippen LogP contribution is -2.37. The molecule has 2 atom stereocenters. The number of carbonyl (C=O) groups is 1. The van der Waals surface area contributed by atoms with Crippen molar-refractivity contribution in [3.05, 3.63) is 64.1 Å². The van der Waals surface area contributed by atoms with E-state index >= 15 is 4.39 Å². The Labute approximate surface area is 251 Å². The summed E-state index contributed by atoms with van der Waals surface area (Å²) in [5.74, 6) is -1.20. The number of rotatable bonds is 7. The van der Waals surface area contributed by atoms with Gasteiger partial charge in [-0.1, -0.05) is 6.92 Å². The zero-order chi connectivity index (χ0) is 31.2. The Morgan fingerprint density at radius 3 is 2.57 bits per heavy atom. The summed E-state index contributed by atoms with van der Waals surface area (Å²) >= 11 is 0. The van der Waals surface area contributed by atoms with Crippen molar-refractivity contribution in [1.82, 2.24) is 19.9 Å². The highest BCUT2D eigenvalue weighted by Crippen LogP contribution is 2.56. The largest absolute Gasteiger partial charge is 0.417 e. The molecule has 44 heavy (non-hydrogen) atoms. The molecule has 3 aliphatic rings. The lowest BCUT2D eigenvalue weighted by molar-refractivity contribution is -0.138. The number of hydrogen-bond acceptors (Lipinski definition) is 8. The lowest BCUT2D eigenvalue weighted by atomic mass is 10.0. The zero-order valence-corrected chi connectivity index (χ0v) is 24.4. The molecule has 4 heterocycles. The number of nitrogens with zero attached hydrogens (tertiary/aromatic N) is 5. The number of nitrogens with one attached hydrogen (secondary N) is 2. The van der Waals surface area contributed by atoms with Gasteiger partial charge in [-0.3, -0.25) is 9.59 Å². The minimum Gasteiger partial charge on any atom is -0.378 e. The number of H-pyrrole nitrogens is 1. The highest BCUT2D eigenvalue weighted by atomic mass is 19.4. The number of amides is 1. The molecule has 2 saturated heterocycles. The molecule has 3 aromatic rings. The van der Waals surface area contributed by atoms with Crippen LogP contribution < -0.4 is 20.7 Å². The van der Waals surface area contributed by atoms with Crippen molar-refractivity contribution in [2.45, 2.75) is 32.0 Å². The average molecular weight is 616 g/mol. The van der Waals surface area contributed by atoms with Gasteiger partial charge in [0.1, 0.15) is 5.82 Å². The molecule has 3 fully saturated rings. The Kier molecular flexibility index (Phi) is 7.82. The molecule has 6 rings (SSSR count). The van der Waals surface area contributed by atoms with Crippen molar-refractivity contribution < 1.29 is 27.1 Å². The number of carbonyl (C=O) groups excluding carboxylic acids is 1. The number of alkyl halides is 3. The molecule has 0 bridgehead atoms. The van der Waals surface area contributed by atoms with E-state index in [1.165, 1.54) is 24.5 Å². The number of halogens is 4. The number of aromatic amines is 1. The zero-order valence-electron chi connectivity index (χ0n) is 24.4. The molecule has 14 heteroatoms. The Morgan fingerprint density at radius 1 is 1.16 bits per heavy atom. The first kappa shape index (κ1) is 30.0. The third-order valence-electron chi connectivity index (χ3n) is 8.95. The number of ether oxygens (including phenoxy) is 1. The monoisotopic (exact) mass is 615 g/mol. The highest BCUT2D eigenvalue weighted by molar-refractivity contribution is 6.07. The number of morpholine rings is 1. The van der Waals surface area contributed by atoms with Crippen molar-refractivity contribution in [2.24, 2.45) is 5.41 Å². The molecule has 1 aromatic carbocycles. The van der Waals surface area contributed by atoms with Gasteiger partial charge in [0.15, 0.2) is 0 Å². The van der Waals surface area contributed by atoms with Crippen LogP contribution in [0.5, 0.6) is 0 Å². The third kappa shape index (κ3) is 5.75. The number of hydrogen-bond donors (Lipinski definition) is 2. The van der Waals surface area contributed by atoms with Gasteiger partial charge >= 0.3 is 6.18 Å². The predicted octanol–water partition coefficient (Wildman–Crippen LogP) is 4.00.